The lowest BCUT2D eigenvalue weighted by molar-refractivity contribution is 0.0958. The molecule has 14 heavy (non-hydrogen) atoms. The van der Waals surface area contributed by atoms with E-state index in [0.717, 1.165) is 0 Å². The summed E-state index contributed by atoms with van der Waals surface area (Å²) in [7, 11) is 0. The van der Waals surface area contributed by atoms with Crippen LogP contribution in [0.25, 0.3) is 0 Å². The number of hydrogen-bond donors (Lipinski definition) is 1. The molecule has 1 aromatic rings. The van der Waals surface area contributed by atoms with E-state index >= 15 is 0 Å². The van der Waals surface area contributed by atoms with E-state index in [1.807, 2.05) is 0 Å². The summed E-state index contributed by atoms with van der Waals surface area (Å²) in [5.74, 6) is 1.83. The van der Waals surface area contributed by atoms with E-state index in [1.165, 1.54) is 6.07 Å². The Morgan fingerprint density at radius 2 is 2.29 bits per heavy atom. The Morgan fingerprint density at radius 3 is 2.93 bits per heavy atom. The Kier molecular flexibility index (Phi) is 3.69. The first-order valence-electron chi connectivity index (χ1n) is 3.55. The van der Waals surface area contributed by atoms with Gasteiger partial charge in [-0.3, -0.25) is 4.79 Å². The zero-order valence-corrected chi connectivity index (χ0v) is 8.43. The maximum atomic E-state index is 11.4. The standard InChI is InChI=1S/C8H5Cl2N3O/c1-2-3-11-8(14)5-4-6(9)12-13-7(5)10/h1,4H,3H2,(H,11,14). The van der Waals surface area contributed by atoms with Gasteiger partial charge < -0.3 is 5.32 Å². The van der Waals surface area contributed by atoms with Crippen LogP contribution in [-0.4, -0.2) is 22.6 Å². The molecule has 6 heteroatoms. The van der Waals surface area contributed by atoms with E-state index in [0.29, 0.717) is 0 Å². The summed E-state index contributed by atoms with van der Waals surface area (Å²) in [5.41, 5.74) is 0.155. The molecule has 1 amide bonds. The molecule has 0 aliphatic heterocycles. The number of hydrogen-bond acceptors (Lipinski definition) is 3. The SMILES string of the molecule is C#CCNC(=O)c1cc(Cl)nnc1Cl. The first kappa shape index (κ1) is 10.8. The van der Waals surface area contributed by atoms with Gasteiger partial charge in [0, 0.05) is 0 Å². The van der Waals surface area contributed by atoms with Crippen LogP contribution in [0.1, 0.15) is 10.4 Å². The van der Waals surface area contributed by atoms with Gasteiger partial charge in [0.1, 0.15) is 0 Å². The zero-order valence-electron chi connectivity index (χ0n) is 6.92. The minimum absolute atomic E-state index is 0.0103. The van der Waals surface area contributed by atoms with Gasteiger partial charge in [0.15, 0.2) is 10.3 Å². The maximum absolute atomic E-state index is 11.4. The van der Waals surface area contributed by atoms with Crippen molar-refractivity contribution in [1.82, 2.24) is 15.5 Å². The summed E-state index contributed by atoms with van der Waals surface area (Å²) >= 11 is 11.2. The van der Waals surface area contributed by atoms with Gasteiger partial charge in [-0.25, -0.2) is 0 Å². The molecule has 0 bridgehead atoms. The largest absolute Gasteiger partial charge is 0.341 e. The molecule has 1 N–H and O–H groups in total. The van der Waals surface area contributed by atoms with Gasteiger partial charge >= 0.3 is 0 Å². The van der Waals surface area contributed by atoms with E-state index in [4.69, 9.17) is 29.6 Å². The minimum atomic E-state index is -0.426. The number of carbonyl (C=O) groups is 1. The van der Waals surface area contributed by atoms with Crippen molar-refractivity contribution in [3.8, 4) is 12.3 Å². The summed E-state index contributed by atoms with van der Waals surface area (Å²) in [6.07, 6.45) is 4.97. The number of terminal acetylenes is 1. The van der Waals surface area contributed by atoms with Crippen LogP contribution in [0.15, 0.2) is 6.07 Å². The molecule has 0 unspecified atom stereocenters. The predicted molar refractivity (Wildman–Crippen MR) is 53.2 cm³/mol. The number of carbonyl (C=O) groups excluding carboxylic acids is 1. The third-order valence-electron chi connectivity index (χ3n) is 1.31. The Bertz CT molecular complexity index is 400. The highest BCUT2D eigenvalue weighted by Gasteiger charge is 2.11. The summed E-state index contributed by atoms with van der Waals surface area (Å²) in [6.45, 7) is 0.120. The van der Waals surface area contributed by atoms with Crippen LogP contribution < -0.4 is 5.32 Å². The van der Waals surface area contributed by atoms with Crippen molar-refractivity contribution in [3.63, 3.8) is 0 Å². The minimum Gasteiger partial charge on any atom is -0.341 e. The fourth-order valence-electron chi connectivity index (χ4n) is 0.739. The number of halogens is 2. The molecule has 72 valence electrons. The lowest BCUT2D eigenvalue weighted by Crippen LogP contribution is -2.24. The second kappa shape index (κ2) is 4.80. The Hall–Kier alpha value is -1.31. The van der Waals surface area contributed by atoms with Crippen LogP contribution in [0.5, 0.6) is 0 Å². The van der Waals surface area contributed by atoms with Gasteiger partial charge in [0.2, 0.25) is 0 Å². The van der Waals surface area contributed by atoms with Crippen LogP contribution in [0, 0.1) is 12.3 Å². The number of nitrogens with zero attached hydrogens (tertiary/aromatic N) is 2. The molecule has 0 fully saturated rings. The predicted octanol–water partition coefficient (Wildman–Crippen LogP) is 1.15. The van der Waals surface area contributed by atoms with Crippen molar-refractivity contribution in [1.29, 1.82) is 0 Å². The molecule has 0 atom stereocenters. The molecule has 1 rings (SSSR count). The summed E-state index contributed by atoms with van der Waals surface area (Å²) in [6, 6.07) is 1.32. The van der Waals surface area contributed by atoms with Crippen LogP contribution in [-0.2, 0) is 0 Å². The van der Waals surface area contributed by atoms with Crippen LogP contribution >= 0.6 is 23.2 Å². The quantitative estimate of drug-likeness (QED) is 0.775. The highest BCUT2D eigenvalue weighted by molar-refractivity contribution is 6.34. The normalized spacial score (nSPS) is 9.21. The van der Waals surface area contributed by atoms with E-state index < -0.39 is 5.91 Å². The third kappa shape index (κ3) is 2.59. The number of rotatable bonds is 2. The maximum Gasteiger partial charge on any atom is 0.255 e. The summed E-state index contributed by atoms with van der Waals surface area (Å²) in [5, 5.41) is 9.46. The van der Waals surface area contributed by atoms with Crippen molar-refractivity contribution in [2.45, 2.75) is 0 Å². The second-order valence-electron chi connectivity index (χ2n) is 2.26. The third-order valence-corrected chi connectivity index (χ3v) is 1.78. The lowest BCUT2D eigenvalue weighted by atomic mass is 10.3. The average Bonchev–Trinajstić information content (AvgIpc) is 2.18. The van der Waals surface area contributed by atoms with E-state index in [-0.39, 0.29) is 22.4 Å². The monoisotopic (exact) mass is 229 g/mol. The van der Waals surface area contributed by atoms with Crippen molar-refractivity contribution in [2.24, 2.45) is 0 Å². The first-order chi connectivity index (χ1) is 6.65. The molecule has 0 aliphatic rings. The Morgan fingerprint density at radius 1 is 1.57 bits per heavy atom. The lowest BCUT2D eigenvalue weighted by Gasteiger charge is -2.02. The van der Waals surface area contributed by atoms with E-state index in [9.17, 15) is 4.79 Å². The fraction of sp³-hybridized carbons (Fsp3) is 0.125. The molecular weight excluding hydrogens is 225 g/mol. The molecule has 4 nitrogen and oxygen atoms in total. The van der Waals surface area contributed by atoms with E-state index in [1.54, 1.807) is 0 Å². The average molecular weight is 230 g/mol. The van der Waals surface area contributed by atoms with Gasteiger partial charge in [-0.05, 0) is 6.07 Å². The second-order valence-corrected chi connectivity index (χ2v) is 3.00. The molecular formula is C8H5Cl2N3O. The molecule has 0 radical (unpaired) electrons. The smallest absolute Gasteiger partial charge is 0.255 e. The Balaban J connectivity index is 2.90. The van der Waals surface area contributed by atoms with Crippen molar-refractivity contribution >= 4 is 29.1 Å². The van der Waals surface area contributed by atoms with Crippen molar-refractivity contribution in [3.05, 3.63) is 21.9 Å². The topological polar surface area (TPSA) is 54.9 Å². The van der Waals surface area contributed by atoms with Crippen LogP contribution in [0.2, 0.25) is 10.3 Å². The van der Waals surface area contributed by atoms with Crippen molar-refractivity contribution in [2.75, 3.05) is 6.54 Å². The number of amides is 1. The molecule has 0 saturated carbocycles. The molecule has 0 spiro atoms. The van der Waals surface area contributed by atoms with Gasteiger partial charge in [0.25, 0.3) is 5.91 Å². The number of aromatic nitrogens is 2. The van der Waals surface area contributed by atoms with E-state index in [2.05, 4.69) is 21.4 Å². The Labute approximate surface area is 90.6 Å². The summed E-state index contributed by atoms with van der Waals surface area (Å²) < 4.78 is 0. The van der Waals surface area contributed by atoms with Gasteiger partial charge in [0.05, 0.1) is 12.1 Å². The number of nitrogens with one attached hydrogen (secondary N) is 1. The highest BCUT2D eigenvalue weighted by atomic mass is 35.5. The zero-order chi connectivity index (χ0) is 10.6. The molecule has 1 aromatic heterocycles. The van der Waals surface area contributed by atoms with Crippen LogP contribution in [0.3, 0.4) is 0 Å². The molecule has 1 heterocycles. The van der Waals surface area contributed by atoms with Crippen molar-refractivity contribution < 1.29 is 4.79 Å². The van der Waals surface area contributed by atoms with Gasteiger partial charge in [-0.15, -0.1) is 16.6 Å². The molecule has 0 aromatic carbocycles. The van der Waals surface area contributed by atoms with Crippen LogP contribution in [0.4, 0.5) is 0 Å². The van der Waals surface area contributed by atoms with Gasteiger partial charge in [-0.1, -0.05) is 29.1 Å². The highest BCUT2D eigenvalue weighted by Crippen LogP contribution is 2.14. The molecule has 0 aliphatic carbocycles. The first-order valence-corrected chi connectivity index (χ1v) is 4.31. The molecule has 0 saturated heterocycles. The fourth-order valence-corrected chi connectivity index (χ4v) is 1.06. The summed E-state index contributed by atoms with van der Waals surface area (Å²) in [4.78, 5) is 11.4. The van der Waals surface area contributed by atoms with Gasteiger partial charge in [-0.2, -0.15) is 0 Å².